The van der Waals surface area contributed by atoms with E-state index >= 15 is 0 Å². The SMILES string of the molecule is CC[C@@H](Oc1ccc(Br)cc1)C(=O)Nc1cnccn1. The maximum absolute atomic E-state index is 12.1. The van der Waals surface area contributed by atoms with Crippen molar-refractivity contribution in [3.63, 3.8) is 0 Å². The van der Waals surface area contributed by atoms with Crippen LogP contribution < -0.4 is 10.1 Å². The predicted octanol–water partition coefficient (Wildman–Crippen LogP) is 3.04. The first kappa shape index (κ1) is 14.5. The number of nitrogens with one attached hydrogen (secondary N) is 1. The molecule has 0 radical (unpaired) electrons. The normalized spacial score (nSPS) is 11.7. The van der Waals surface area contributed by atoms with Crippen molar-refractivity contribution < 1.29 is 9.53 Å². The minimum absolute atomic E-state index is 0.240. The summed E-state index contributed by atoms with van der Waals surface area (Å²) in [6.07, 6.45) is 4.54. The number of anilines is 1. The first-order valence-electron chi connectivity index (χ1n) is 6.18. The molecule has 1 heterocycles. The molecule has 1 N–H and O–H groups in total. The van der Waals surface area contributed by atoms with Gasteiger partial charge in [0.05, 0.1) is 6.20 Å². The number of rotatable bonds is 5. The lowest BCUT2D eigenvalue weighted by Crippen LogP contribution is -2.32. The van der Waals surface area contributed by atoms with Crippen LogP contribution in [0.15, 0.2) is 47.3 Å². The van der Waals surface area contributed by atoms with E-state index in [9.17, 15) is 4.79 Å². The average molecular weight is 336 g/mol. The van der Waals surface area contributed by atoms with Crippen molar-refractivity contribution in [1.29, 1.82) is 0 Å². The molecule has 0 aliphatic rings. The van der Waals surface area contributed by atoms with Crippen molar-refractivity contribution >= 4 is 27.7 Å². The number of hydrogen-bond acceptors (Lipinski definition) is 4. The number of carbonyl (C=O) groups is 1. The second kappa shape index (κ2) is 7.00. The standard InChI is InChI=1S/C14H14BrN3O2/c1-2-12(20-11-5-3-10(15)4-6-11)14(19)18-13-9-16-7-8-17-13/h3-9,12H,2H2,1H3,(H,17,18,19)/t12-/m1/s1. The molecule has 1 aromatic carbocycles. The minimum Gasteiger partial charge on any atom is -0.481 e. The quantitative estimate of drug-likeness (QED) is 0.912. The van der Waals surface area contributed by atoms with Crippen LogP contribution in [0.1, 0.15) is 13.3 Å². The Balaban J connectivity index is 2.00. The number of carbonyl (C=O) groups excluding carboxylic acids is 1. The molecule has 1 amide bonds. The summed E-state index contributed by atoms with van der Waals surface area (Å²) in [7, 11) is 0. The van der Waals surface area contributed by atoms with Crippen molar-refractivity contribution in [2.24, 2.45) is 0 Å². The zero-order valence-electron chi connectivity index (χ0n) is 10.9. The van der Waals surface area contributed by atoms with Crippen molar-refractivity contribution in [3.8, 4) is 5.75 Å². The molecule has 0 aliphatic heterocycles. The van der Waals surface area contributed by atoms with Gasteiger partial charge >= 0.3 is 0 Å². The van der Waals surface area contributed by atoms with E-state index in [4.69, 9.17) is 4.74 Å². The van der Waals surface area contributed by atoms with Gasteiger partial charge in [-0.05, 0) is 30.7 Å². The lowest BCUT2D eigenvalue weighted by Gasteiger charge is -2.16. The molecule has 0 saturated carbocycles. The van der Waals surface area contributed by atoms with Crippen LogP contribution in [-0.2, 0) is 4.79 Å². The van der Waals surface area contributed by atoms with Crippen LogP contribution in [-0.4, -0.2) is 22.0 Å². The molecule has 0 spiro atoms. The van der Waals surface area contributed by atoms with Gasteiger partial charge in [0.25, 0.3) is 5.91 Å². The zero-order valence-corrected chi connectivity index (χ0v) is 12.5. The van der Waals surface area contributed by atoms with E-state index in [1.165, 1.54) is 12.4 Å². The third kappa shape index (κ3) is 4.03. The highest BCUT2D eigenvalue weighted by Crippen LogP contribution is 2.18. The summed E-state index contributed by atoms with van der Waals surface area (Å²) >= 11 is 3.35. The van der Waals surface area contributed by atoms with Gasteiger partial charge in [0.15, 0.2) is 11.9 Å². The number of ether oxygens (including phenoxy) is 1. The fourth-order valence-electron chi connectivity index (χ4n) is 1.57. The van der Waals surface area contributed by atoms with Crippen molar-refractivity contribution in [2.45, 2.75) is 19.4 Å². The molecule has 2 aromatic rings. The number of halogens is 1. The van der Waals surface area contributed by atoms with Crippen LogP contribution in [0, 0.1) is 0 Å². The number of amides is 1. The third-order valence-corrected chi connectivity index (χ3v) is 3.10. The summed E-state index contributed by atoms with van der Waals surface area (Å²) in [6.45, 7) is 1.89. The van der Waals surface area contributed by atoms with E-state index in [-0.39, 0.29) is 5.91 Å². The third-order valence-electron chi connectivity index (χ3n) is 2.57. The lowest BCUT2D eigenvalue weighted by atomic mass is 10.2. The smallest absolute Gasteiger partial charge is 0.266 e. The van der Waals surface area contributed by atoms with E-state index in [2.05, 4.69) is 31.2 Å². The molecule has 2 rings (SSSR count). The summed E-state index contributed by atoms with van der Waals surface area (Å²) in [4.78, 5) is 20.0. The Bertz CT molecular complexity index is 560. The molecule has 104 valence electrons. The Morgan fingerprint density at radius 2 is 2.10 bits per heavy atom. The monoisotopic (exact) mass is 335 g/mol. The Labute approximate surface area is 125 Å². The highest BCUT2D eigenvalue weighted by atomic mass is 79.9. The summed E-state index contributed by atoms with van der Waals surface area (Å²) in [5.74, 6) is 0.820. The average Bonchev–Trinajstić information content (AvgIpc) is 2.47. The summed E-state index contributed by atoms with van der Waals surface area (Å²) in [5.41, 5.74) is 0. The van der Waals surface area contributed by atoms with Gasteiger partial charge in [0, 0.05) is 16.9 Å². The second-order valence-electron chi connectivity index (χ2n) is 4.05. The molecule has 0 fully saturated rings. The molecule has 0 bridgehead atoms. The topological polar surface area (TPSA) is 64.1 Å². The molecule has 6 heteroatoms. The highest BCUT2D eigenvalue weighted by molar-refractivity contribution is 9.10. The van der Waals surface area contributed by atoms with Crippen molar-refractivity contribution in [2.75, 3.05) is 5.32 Å². The van der Waals surface area contributed by atoms with Crippen LogP contribution >= 0.6 is 15.9 Å². The van der Waals surface area contributed by atoms with E-state index < -0.39 is 6.10 Å². The van der Waals surface area contributed by atoms with E-state index in [1.54, 1.807) is 6.20 Å². The molecular formula is C14H14BrN3O2. The van der Waals surface area contributed by atoms with Gasteiger partial charge < -0.3 is 10.1 Å². The highest BCUT2D eigenvalue weighted by Gasteiger charge is 2.18. The summed E-state index contributed by atoms with van der Waals surface area (Å²) in [5, 5.41) is 2.68. The molecule has 0 aliphatic carbocycles. The van der Waals surface area contributed by atoms with Gasteiger partial charge in [0.2, 0.25) is 0 Å². The van der Waals surface area contributed by atoms with E-state index in [0.29, 0.717) is 18.0 Å². The number of hydrogen-bond donors (Lipinski definition) is 1. The molecule has 0 unspecified atom stereocenters. The first-order valence-corrected chi connectivity index (χ1v) is 6.97. The molecule has 1 aromatic heterocycles. The number of aromatic nitrogens is 2. The fourth-order valence-corrected chi connectivity index (χ4v) is 1.83. The van der Waals surface area contributed by atoms with Gasteiger partial charge in [-0.15, -0.1) is 0 Å². The number of benzene rings is 1. The molecular weight excluding hydrogens is 322 g/mol. The zero-order chi connectivity index (χ0) is 14.4. The van der Waals surface area contributed by atoms with Crippen molar-refractivity contribution in [1.82, 2.24) is 9.97 Å². The molecule has 1 atom stereocenters. The van der Waals surface area contributed by atoms with Crippen LogP contribution in [0.5, 0.6) is 5.75 Å². The fraction of sp³-hybridized carbons (Fsp3) is 0.214. The Morgan fingerprint density at radius 3 is 2.70 bits per heavy atom. The maximum Gasteiger partial charge on any atom is 0.266 e. The minimum atomic E-state index is -0.571. The van der Waals surface area contributed by atoms with Gasteiger partial charge in [-0.25, -0.2) is 4.98 Å². The largest absolute Gasteiger partial charge is 0.481 e. The predicted molar refractivity (Wildman–Crippen MR) is 79.5 cm³/mol. The molecule has 0 saturated heterocycles. The number of nitrogens with zero attached hydrogens (tertiary/aromatic N) is 2. The maximum atomic E-state index is 12.1. The Morgan fingerprint density at radius 1 is 1.35 bits per heavy atom. The van der Waals surface area contributed by atoms with Gasteiger partial charge in [0.1, 0.15) is 5.75 Å². The molecule has 5 nitrogen and oxygen atoms in total. The van der Waals surface area contributed by atoms with Crippen LogP contribution in [0.25, 0.3) is 0 Å². The summed E-state index contributed by atoms with van der Waals surface area (Å²) in [6, 6.07) is 7.34. The van der Waals surface area contributed by atoms with Gasteiger partial charge in [-0.1, -0.05) is 22.9 Å². The lowest BCUT2D eigenvalue weighted by molar-refractivity contribution is -0.122. The Kier molecular flexibility index (Phi) is 5.06. The second-order valence-corrected chi connectivity index (χ2v) is 4.96. The van der Waals surface area contributed by atoms with E-state index in [1.807, 2.05) is 31.2 Å². The Hall–Kier alpha value is -1.95. The van der Waals surface area contributed by atoms with Gasteiger partial charge in [-0.3, -0.25) is 9.78 Å². The van der Waals surface area contributed by atoms with E-state index in [0.717, 1.165) is 4.47 Å². The van der Waals surface area contributed by atoms with Crippen LogP contribution in [0.2, 0.25) is 0 Å². The van der Waals surface area contributed by atoms with Crippen LogP contribution in [0.3, 0.4) is 0 Å². The van der Waals surface area contributed by atoms with Crippen LogP contribution in [0.4, 0.5) is 5.82 Å². The summed E-state index contributed by atoms with van der Waals surface area (Å²) < 4.78 is 6.63. The van der Waals surface area contributed by atoms with Gasteiger partial charge in [-0.2, -0.15) is 0 Å². The first-order chi connectivity index (χ1) is 9.69. The molecule has 20 heavy (non-hydrogen) atoms. The van der Waals surface area contributed by atoms with Crippen molar-refractivity contribution in [3.05, 3.63) is 47.3 Å².